The Morgan fingerprint density at radius 2 is 1.53 bits per heavy atom. The average molecular weight is 429 g/mol. The lowest BCUT2D eigenvalue weighted by molar-refractivity contribution is 0.415. The molecule has 0 fully saturated rings. The Hall–Kier alpha value is -3.25. The molecule has 0 saturated carbocycles. The topological polar surface area (TPSA) is 27.1 Å². The second-order valence-corrected chi connectivity index (χ2v) is 6.99. The number of benzene rings is 3. The second kappa shape index (κ2) is 8.24. The number of halogens is 4. The number of hydrogen-bond donors (Lipinski definition) is 0. The molecule has 3 aromatic carbocycles. The fourth-order valence-corrected chi connectivity index (χ4v) is 3.54. The molecular weight excluding hydrogens is 413 g/mol. The van der Waals surface area contributed by atoms with Gasteiger partial charge in [0, 0.05) is 17.7 Å². The van der Waals surface area contributed by atoms with Gasteiger partial charge in [0.1, 0.15) is 34.0 Å². The highest BCUT2D eigenvalue weighted by Crippen LogP contribution is 2.40. The monoisotopic (exact) mass is 428 g/mol. The van der Waals surface area contributed by atoms with Crippen LogP contribution in [0.1, 0.15) is 5.56 Å². The molecule has 0 N–H and O–H groups in total. The molecule has 7 heteroatoms. The summed E-state index contributed by atoms with van der Waals surface area (Å²) in [7, 11) is 1.54. The fraction of sp³-hybridized carbons (Fsp3) is 0.0870. The molecule has 0 saturated heterocycles. The molecule has 0 spiro atoms. The van der Waals surface area contributed by atoms with E-state index >= 15 is 0 Å². The Morgan fingerprint density at radius 1 is 0.900 bits per heavy atom. The first-order valence-electron chi connectivity index (χ1n) is 9.07. The van der Waals surface area contributed by atoms with Gasteiger partial charge in [-0.2, -0.15) is 5.10 Å². The van der Waals surface area contributed by atoms with E-state index in [1.54, 1.807) is 24.3 Å². The highest BCUT2D eigenvalue weighted by Gasteiger charge is 2.25. The van der Waals surface area contributed by atoms with Crippen molar-refractivity contribution in [1.29, 1.82) is 0 Å². The molecule has 0 aliphatic carbocycles. The van der Waals surface area contributed by atoms with Crippen LogP contribution in [0.5, 0.6) is 5.75 Å². The zero-order chi connectivity index (χ0) is 21.3. The maximum atomic E-state index is 14.6. The maximum Gasteiger partial charge on any atom is 0.137 e. The number of rotatable bonds is 5. The Morgan fingerprint density at radius 3 is 2.13 bits per heavy atom. The molecular formula is C23H16ClF3N2O. The van der Waals surface area contributed by atoms with Gasteiger partial charge in [0.2, 0.25) is 0 Å². The smallest absolute Gasteiger partial charge is 0.137 e. The van der Waals surface area contributed by atoms with E-state index in [-0.39, 0.29) is 16.4 Å². The van der Waals surface area contributed by atoms with Crippen LogP contribution in [0.3, 0.4) is 0 Å². The van der Waals surface area contributed by atoms with Crippen molar-refractivity contribution in [2.45, 2.75) is 6.54 Å². The van der Waals surface area contributed by atoms with E-state index in [9.17, 15) is 13.2 Å². The molecule has 4 aromatic rings. The average Bonchev–Trinajstić information content (AvgIpc) is 3.04. The molecule has 30 heavy (non-hydrogen) atoms. The third-order valence-electron chi connectivity index (χ3n) is 4.69. The summed E-state index contributed by atoms with van der Waals surface area (Å²) in [5.74, 6) is -2.49. The van der Waals surface area contributed by atoms with Gasteiger partial charge in [-0.05, 0) is 29.8 Å². The van der Waals surface area contributed by atoms with Gasteiger partial charge in [-0.1, -0.05) is 41.9 Å². The highest BCUT2D eigenvalue weighted by atomic mass is 35.5. The Kier molecular flexibility index (Phi) is 5.50. The van der Waals surface area contributed by atoms with E-state index < -0.39 is 23.0 Å². The summed E-state index contributed by atoms with van der Waals surface area (Å²) < 4.78 is 49.4. The van der Waals surface area contributed by atoms with Crippen LogP contribution in [0.4, 0.5) is 13.2 Å². The molecule has 0 radical (unpaired) electrons. The van der Waals surface area contributed by atoms with Crippen LogP contribution in [0.2, 0.25) is 5.15 Å². The predicted octanol–water partition coefficient (Wildman–Crippen LogP) is 6.34. The SMILES string of the molecule is COc1ccc(-c2nn(Cc3ccccc3)c(Cl)c2-c2c(F)cc(F)cc2F)cc1. The van der Waals surface area contributed by atoms with Crippen LogP contribution in [0, 0.1) is 17.5 Å². The van der Waals surface area contributed by atoms with Crippen molar-refractivity contribution < 1.29 is 17.9 Å². The predicted molar refractivity (Wildman–Crippen MR) is 110 cm³/mol. The van der Waals surface area contributed by atoms with Crippen LogP contribution in [-0.2, 0) is 6.54 Å². The van der Waals surface area contributed by atoms with E-state index in [0.717, 1.165) is 5.56 Å². The molecule has 0 bridgehead atoms. The van der Waals surface area contributed by atoms with Crippen LogP contribution in [0.25, 0.3) is 22.4 Å². The summed E-state index contributed by atoms with van der Waals surface area (Å²) in [6.45, 7) is 0.299. The van der Waals surface area contributed by atoms with Gasteiger partial charge < -0.3 is 4.74 Å². The lowest BCUT2D eigenvalue weighted by Gasteiger charge is -2.08. The van der Waals surface area contributed by atoms with Crippen LogP contribution >= 0.6 is 11.6 Å². The second-order valence-electron chi connectivity index (χ2n) is 6.63. The van der Waals surface area contributed by atoms with Crippen molar-refractivity contribution in [3.05, 3.63) is 94.9 Å². The zero-order valence-electron chi connectivity index (χ0n) is 15.9. The number of aromatic nitrogens is 2. The third-order valence-corrected chi connectivity index (χ3v) is 5.07. The molecule has 1 aromatic heterocycles. The summed E-state index contributed by atoms with van der Waals surface area (Å²) in [4.78, 5) is 0. The zero-order valence-corrected chi connectivity index (χ0v) is 16.6. The Balaban J connectivity index is 1.92. The summed E-state index contributed by atoms with van der Waals surface area (Å²) in [5, 5.41) is 4.58. The van der Waals surface area contributed by atoms with E-state index in [1.807, 2.05) is 30.3 Å². The minimum Gasteiger partial charge on any atom is -0.497 e. The summed E-state index contributed by atoms with van der Waals surface area (Å²) >= 11 is 6.55. The minimum atomic E-state index is -1.05. The van der Waals surface area contributed by atoms with Crippen molar-refractivity contribution >= 4 is 11.6 Å². The normalized spacial score (nSPS) is 11.0. The standard InChI is InChI=1S/C23H16ClF3N2O/c1-30-17-9-7-15(8-10-17)22-21(20-18(26)11-16(25)12-19(20)27)23(24)29(28-22)13-14-5-3-2-4-6-14/h2-12H,13H2,1H3. The first-order valence-corrected chi connectivity index (χ1v) is 9.45. The van der Waals surface area contributed by atoms with Crippen molar-refractivity contribution in [2.24, 2.45) is 0 Å². The van der Waals surface area contributed by atoms with Gasteiger partial charge in [-0.25, -0.2) is 17.9 Å². The minimum absolute atomic E-state index is 0.0501. The van der Waals surface area contributed by atoms with Crippen LogP contribution in [-0.4, -0.2) is 16.9 Å². The number of methoxy groups -OCH3 is 1. The van der Waals surface area contributed by atoms with Gasteiger partial charge in [0.05, 0.1) is 24.8 Å². The summed E-state index contributed by atoms with van der Waals surface area (Å²) in [6, 6.07) is 17.5. The maximum absolute atomic E-state index is 14.6. The van der Waals surface area contributed by atoms with Crippen LogP contribution < -0.4 is 4.74 Å². The Bertz CT molecular complexity index is 1170. The molecule has 0 atom stereocenters. The van der Waals surface area contributed by atoms with E-state index in [0.29, 0.717) is 30.0 Å². The number of nitrogens with zero attached hydrogens (tertiary/aromatic N) is 2. The molecule has 152 valence electrons. The molecule has 3 nitrogen and oxygen atoms in total. The first-order chi connectivity index (χ1) is 14.5. The summed E-state index contributed by atoms with van der Waals surface area (Å²) in [6.07, 6.45) is 0. The first kappa shape index (κ1) is 20.0. The van der Waals surface area contributed by atoms with Crippen molar-refractivity contribution in [3.8, 4) is 28.1 Å². The van der Waals surface area contributed by atoms with E-state index in [4.69, 9.17) is 16.3 Å². The number of hydrogen-bond acceptors (Lipinski definition) is 2. The van der Waals surface area contributed by atoms with Gasteiger partial charge in [-0.3, -0.25) is 0 Å². The van der Waals surface area contributed by atoms with Gasteiger partial charge >= 0.3 is 0 Å². The highest BCUT2D eigenvalue weighted by molar-refractivity contribution is 6.33. The van der Waals surface area contributed by atoms with E-state index in [2.05, 4.69) is 5.10 Å². The molecule has 1 heterocycles. The lowest BCUT2D eigenvalue weighted by atomic mass is 10.0. The molecule has 0 aliphatic rings. The Labute approximate surface area is 176 Å². The van der Waals surface area contributed by atoms with Crippen molar-refractivity contribution in [3.63, 3.8) is 0 Å². The summed E-state index contributed by atoms with van der Waals surface area (Å²) in [5.41, 5.74) is 1.42. The quantitative estimate of drug-likeness (QED) is 0.370. The van der Waals surface area contributed by atoms with Crippen molar-refractivity contribution in [2.75, 3.05) is 7.11 Å². The third kappa shape index (κ3) is 3.78. The van der Waals surface area contributed by atoms with Crippen molar-refractivity contribution in [1.82, 2.24) is 9.78 Å². The van der Waals surface area contributed by atoms with Crippen LogP contribution in [0.15, 0.2) is 66.7 Å². The fourth-order valence-electron chi connectivity index (χ4n) is 3.26. The molecule has 0 amide bonds. The molecule has 0 unspecified atom stereocenters. The largest absolute Gasteiger partial charge is 0.497 e. The lowest BCUT2D eigenvalue weighted by Crippen LogP contribution is -2.02. The van der Waals surface area contributed by atoms with E-state index in [1.165, 1.54) is 11.8 Å². The van der Waals surface area contributed by atoms with Gasteiger partial charge in [0.15, 0.2) is 0 Å². The van der Waals surface area contributed by atoms with Gasteiger partial charge in [-0.15, -0.1) is 0 Å². The number of ether oxygens (including phenoxy) is 1. The molecule has 0 aliphatic heterocycles. The molecule has 4 rings (SSSR count). The van der Waals surface area contributed by atoms with Gasteiger partial charge in [0.25, 0.3) is 0 Å².